The van der Waals surface area contributed by atoms with Crippen LogP contribution in [0.15, 0.2) is 76.6 Å². The molecule has 0 bridgehead atoms. The number of amides is 3. The standard InChI is InChI=1S/C33H28FN3O8S2/c1-4-45-32(41)17-5-10-20(11-6-17)35-24(38)16-36-31-28(47-33(36)42)25(18-7-14-22(43-2)23(15-18)44-3)26-27(46-31)30(40)37(29(26)39)21-12-8-19(34)9-13-21/h5-15,25-27H,4,16H2,1-3H3,(H,35,38)/t25-,26?,27?/m1/s1. The van der Waals surface area contributed by atoms with Crippen LogP contribution in [0.1, 0.15) is 33.6 Å². The number of rotatable bonds is 9. The molecule has 3 heterocycles. The van der Waals surface area contributed by atoms with E-state index in [0.717, 1.165) is 28.0 Å². The highest BCUT2D eigenvalue weighted by Crippen LogP contribution is 2.54. The van der Waals surface area contributed by atoms with Crippen LogP contribution < -0.4 is 24.6 Å². The van der Waals surface area contributed by atoms with E-state index in [0.29, 0.717) is 38.2 Å². The smallest absolute Gasteiger partial charge is 0.338 e. The number of benzene rings is 3. The quantitative estimate of drug-likeness (QED) is 0.198. The maximum absolute atomic E-state index is 14.1. The van der Waals surface area contributed by atoms with E-state index in [9.17, 15) is 28.4 Å². The molecule has 3 amide bonds. The van der Waals surface area contributed by atoms with Crippen molar-refractivity contribution < 1.29 is 37.8 Å². The Morgan fingerprint density at radius 3 is 2.28 bits per heavy atom. The number of esters is 1. The third-order valence-electron chi connectivity index (χ3n) is 7.88. The second-order valence-corrected chi connectivity index (χ2v) is 12.7. The van der Waals surface area contributed by atoms with Crippen molar-refractivity contribution in [3.8, 4) is 11.5 Å². The number of hydrogen-bond donors (Lipinski definition) is 1. The van der Waals surface area contributed by atoms with Gasteiger partial charge in [-0.2, -0.15) is 0 Å². The van der Waals surface area contributed by atoms with Crippen molar-refractivity contribution in [3.63, 3.8) is 0 Å². The van der Waals surface area contributed by atoms with Crippen LogP contribution in [0.3, 0.4) is 0 Å². The monoisotopic (exact) mass is 677 g/mol. The number of carbonyl (C=O) groups is 4. The van der Waals surface area contributed by atoms with E-state index in [2.05, 4.69) is 5.32 Å². The SMILES string of the molecule is CCOC(=O)c1ccc(NC(=O)Cn2c3c(sc2=O)[C@H](c2ccc(OC)c(OC)c2)C2C(=O)N(c4ccc(F)cc4)C(=O)C2S3)cc1. The summed E-state index contributed by atoms with van der Waals surface area (Å²) >= 11 is 1.97. The summed E-state index contributed by atoms with van der Waals surface area (Å²) in [6, 6.07) is 16.4. The first-order chi connectivity index (χ1) is 22.6. The number of nitrogens with one attached hydrogen (secondary N) is 1. The third-order valence-corrected chi connectivity index (χ3v) is 10.5. The highest BCUT2D eigenvalue weighted by Gasteiger charge is 2.57. The lowest BCUT2D eigenvalue weighted by atomic mass is 9.83. The molecule has 0 aliphatic carbocycles. The van der Waals surface area contributed by atoms with Crippen LogP contribution in [0, 0.1) is 11.7 Å². The summed E-state index contributed by atoms with van der Waals surface area (Å²) in [5, 5.41) is 2.20. The number of thiazole rings is 1. The number of ether oxygens (including phenoxy) is 3. The fourth-order valence-corrected chi connectivity index (χ4v) is 8.53. The molecule has 11 nitrogen and oxygen atoms in total. The maximum atomic E-state index is 14.1. The van der Waals surface area contributed by atoms with E-state index >= 15 is 0 Å². The molecule has 0 saturated carbocycles. The zero-order valence-corrected chi connectivity index (χ0v) is 27.0. The summed E-state index contributed by atoms with van der Waals surface area (Å²) < 4.78 is 30.9. The van der Waals surface area contributed by atoms with Gasteiger partial charge in [-0.05, 0) is 73.2 Å². The van der Waals surface area contributed by atoms with Gasteiger partial charge in [0.05, 0.1) is 43.0 Å². The van der Waals surface area contributed by atoms with E-state index in [1.807, 2.05) is 0 Å². The molecular weight excluding hydrogens is 650 g/mol. The minimum Gasteiger partial charge on any atom is -0.493 e. The van der Waals surface area contributed by atoms with Gasteiger partial charge in [0.2, 0.25) is 17.7 Å². The Morgan fingerprint density at radius 1 is 0.915 bits per heavy atom. The number of methoxy groups -OCH3 is 2. The lowest BCUT2D eigenvalue weighted by Gasteiger charge is -2.31. The summed E-state index contributed by atoms with van der Waals surface area (Å²) in [6.45, 7) is 1.57. The van der Waals surface area contributed by atoms with Gasteiger partial charge >= 0.3 is 10.8 Å². The molecule has 1 aromatic heterocycles. The summed E-state index contributed by atoms with van der Waals surface area (Å²) in [4.78, 5) is 67.7. The number of halogens is 1. The molecule has 3 aromatic carbocycles. The Morgan fingerprint density at radius 2 is 1.62 bits per heavy atom. The molecule has 47 heavy (non-hydrogen) atoms. The Bertz CT molecular complexity index is 1940. The van der Waals surface area contributed by atoms with E-state index in [4.69, 9.17) is 14.2 Å². The first-order valence-corrected chi connectivity index (χ1v) is 16.2. The van der Waals surface area contributed by atoms with Gasteiger partial charge < -0.3 is 19.5 Å². The van der Waals surface area contributed by atoms with E-state index in [1.165, 1.54) is 55.2 Å². The van der Waals surface area contributed by atoms with Gasteiger partial charge in [0.15, 0.2) is 11.5 Å². The zero-order valence-electron chi connectivity index (χ0n) is 25.4. The molecule has 2 aliphatic heterocycles. The number of hydrogen-bond acceptors (Lipinski definition) is 10. The van der Waals surface area contributed by atoms with E-state index < -0.39 is 51.5 Å². The Balaban J connectivity index is 1.37. The van der Waals surface area contributed by atoms with Gasteiger partial charge in [-0.15, -0.1) is 0 Å². The number of anilines is 2. The van der Waals surface area contributed by atoms with Gasteiger partial charge in [0, 0.05) is 16.5 Å². The minimum atomic E-state index is -0.933. The molecular formula is C33H28FN3O8S2. The van der Waals surface area contributed by atoms with Gasteiger partial charge in [0.25, 0.3) is 0 Å². The fraction of sp³-hybridized carbons (Fsp3) is 0.242. The second-order valence-electron chi connectivity index (χ2n) is 10.6. The first kappa shape index (κ1) is 32.0. The fourth-order valence-electron chi connectivity index (χ4n) is 5.75. The molecule has 6 rings (SSSR count). The number of carbonyl (C=O) groups excluding carboxylic acids is 4. The molecule has 1 N–H and O–H groups in total. The number of fused-ring (bicyclic) bond motifs is 2. The predicted molar refractivity (Wildman–Crippen MR) is 173 cm³/mol. The minimum absolute atomic E-state index is 0.230. The van der Waals surface area contributed by atoms with Gasteiger partial charge in [-0.1, -0.05) is 29.2 Å². The average Bonchev–Trinajstić information content (AvgIpc) is 3.51. The molecule has 2 unspecified atom stereocenters. The molecule has 1 saturated heterocycles. The van der Waals surface area contributed by atoms with E-state index in [-0.39, 0.29) is 18.8 Å². The van der Waals surface area contributed by atoms with Crippen LogP contribution in [-0.4, -0.2) is 54.3 Å². The van der Waals surface area contributed by atoms with Crippen LogP contribution >= 0.6 is 23.1 Å². The third kappa shape index (κ3) is 5.89. The van der Waals surface area contributed by atoms with Crippen LogP contribution in [0.4, 0.5) is 15.8 Å². The molecule has 1 fully saturated rings. The van der Waals surface area contributed by atoms with Crippen molar-refractivity contribution in [2.45, 2.75) is 29.7 Å². The topological polar surface area (TPSA) is 133 Å². The van der Waals surface area contributed by atoms with Gasteiger partial charge in [-0.25, -0.2) is 14.1 Å². The molecule has 0 spiro atoms. The largest absolute Gasteiger partial charge is 0.493 e. The molecule has 4 aromatic rings. The van der Waals surface area contributed by atoms with E-state index in [1.54, 1.807) is 37.3 Å². The number of aromatic nitrogens is 1. The number of imide groups is 1. The molecule has 3 atom stereocenters. The molecule has 0 radical (unpaired) electrons. The normalized spacial score (nSPS) is 18.4. The summed E-state index contributed by atoms with van der Waals surface area (Å²) in [7, 11) is 2.97. The predicted octanol–water partition coefficient (Wildman–Crippen LogP) is 4.68. The highest BCUT2D eigenvalue weighted by molar-refractivity contribution is 8.00. The Hall–Kier alpha value is -4.95. The van der Waals surface area contributed by atoms with Crippen LogP contribution in [0.5, 0.6) is 11.5 Å². The Kier molecular flexibility index (Phi) is 8.88. The highest BCUT2D eigenvalue weighted by atomic mass is 32.2. The zero-order chi connectivity index (χ0) is 33.4. The summed E-state index contributed by atoms with van der Waals surface area (Å²) in [5.41, 5.74) is 1.57. The van der Waals surface area contributed by atoms with Gasteiger partial charge in [0.1, 0.15) is 17.6 Å². The molecule has 2 aliphatic rings. The van der Waals surface area contributed by atoms with Crippen LogP contribution in [0.2, 0.25) is 0 Å². The van der Waals surface area contributed by atoms with Gasteiger partial charge in [-0.3, -0.25) is 23.7 Å². The van der Waals surface area contributed by atoms with Crippen molar-refractivity contribution in [1.82, 2.24) is 4.57 Å². The maximum Gasteiger partial charge on any atom is 0.338 e. The number of thioether (sulfide) groups is 1. The molecule has 14 heteroatoms. The lowest BCUT2D eigenvalue weighted by molar-refractivity contribution is -0.122. The van der Waals surface area contributed by atoms with Crippen molar-refractivity contribution in [2.75, 3.05) is 31.0 Å². The Labute approximate surface area is 276 Å². The average molecular weight is 678 g/mol. The van der Waals surface area contributed by atoms with Crippen molar-refractivity contribution in [3.05, 3.63) is 98.2 Å². The second kappa shape index (κ2) is 13.0. The summed E-state index contributed by atoms with van der Waals surface area (Å²) in [6.07, 6.45) is 0. The number of nitrogens with zero attached hydrogens (tertiary/aromatic N) is 2. The van der Waals surface area contributed by atoms with Crippen LogP contribution in [0.25, 0.3) is 0 Å². The van der Waals surface area contributed by atoms with Crippen molar-refractivity contribution >= 4 is 58.2 Å². The summed E-state index contributed by atoms with van der Waals surface area (Å²) in [5.74, 6) is -3.29. The lowest BCUT2D eigenvalue weighted by Crippen LogP contribution is -2.33. The van der Waals surface area contributed by atoms with Crippen molar-refractivity contribution in [1.29, 1.82) is 0 Å². The van der Waals surface area contributed by atoms with Crippen molar-refractivity contribution in [2.24, 2.45) is 5.92 Å². The first-order valence-electron chi connectivity index (χ1n) is 14.5. The molecule has 242 valence electrons. The van der Waals surface area contributed by atoms with Crippen LogP contribution in [-0.2, 0) is 25.7 Å².